The Hall–Kier alpha value is -3.83. The summed E-state index contributed by atoms with van der Waals surface area (Å²) >= 11 is 0. The highest BCUT2D eigenvalue weighted by Crippen LogP contribution is 2.29. The van der Waals surface area contributed by atoms with Crippen LogP contribution in [0.25, 0.3) is 0 Å². The van der Waals surface area contributed by atoms with Gasteiger partial charge in [0.1, 0.15) is 23.1 Å². The van der Waals surface area contributed by atoms with Gasteiger partial charge < -0.3 is 40.0 Å². The van der Waals surface area contributed by atoms with Crippen LogP contribution in [0.1, 0.15) is 52.2 Å². The Bertz CT molecular complexity index is 1220. The van der Waals surface area contributed by atoms with Crippen LogP contribution >= 0.6 is 0 Å². The molecule has 4 N–H and O–H groups in total. The maximum atomic E-state index is 13.9. The molecule has 2 aromatic rings. The number of amides is 3. The molecule has 0 aromatic heterocycles. The summed E-state index contributed by atoms with van der Waals surface area (Å²) in [5.41, 5.74) is 0.870. The van der Waals surface area contributed by atoms with E-state index in [4.69, 9.17) is 18.9 Å². The predicted octanol–water partition coefficient (Wildman–Crippen LogP) is 3.65. The fourth-order valence-electron chi connectivity index (χ4n) is 4.83. The maximum Gasteiger partial charge on any atom is 0.407 e. The zero-order valence-electron chi connectivity index (χ0n) is 27.8. The Morgan fingerprint density at radius 3 is 2.16 bits per heavy atom. The molecule has 250 valence electrons. The van der Waals surface area contributed by atoms with Gasteiger partial charge in [-0.15, -0.1) is 0 Å². The summed E-state index contributed by atoms with van der Waals surface area (Å²) in [6.45, 7) is 9.61. The summed E-state index contributed by atoms with van der Waals surface area (Å²) in [6, 6.07) is 13.2. The summed E-state index contributed by atoms with van der Waals surface area (Å²) in [7, 11) is 4.62. The van der Waals surface area contributed by atoms with Gasteiger partial charge in [0.05, 0.1) is 33.0 Å². The molecule has 0 aliphatic carbocycles. The summed E-state index contributed by atoms with van der Waals surface area (Å²) in [5, 5.41) is 20.1. The number of benzene rings is 2. The van der Waals surface area contributed by atoms with Gasteiger partial charge in [0, 0.05) is 25.6 Å². The van der Waals surface area contributed by atoms with Crippen molar-refractivity contribution >= 4 is 17.9 Å². The van der Waals surface area contributed by atoms with E-state index in [0.29, 0.717) is 31.1 Å². The van der Waals surface area contributed by atoms with Crippen LogP contribution in [0.5, 0.6) is 11.5 Å². The minimum absolute atomic E-state index is 0.0234. The molecule has 0 spiro atoms. The topological polar surface area (TPSA) is 144 Å². The summed E-state index contributed by atoms with van der Waals surface area (Å²) in [6.07, 6.45) is -1.35. The zero-order chi connectivity index (χ0) is 33.6. The Balaban J connectivity index is 2.41. The fourth-order valence-corrected chi connectivity index (χ4v) is 4.83. The second-order valence-electron chi connectivity index (χ2n) is 12.3. The van der Waals surface area contributed by atoms with Gasteiger partial charge in [-0.3, -0.25) is 9.59 Å². The molecule has 0 aliphatic heterocycles. The number of methoxy groups -OCH3 is 3. The fraction of sp³-hybridized carbons (Fsp3) is 0.559. The summed E-state index contributed by atoms with van der Waals surface area (Å²) < 4.78 is 21.4. The van der Waals surface area contributed by atoms with Crippen LogP contribution in [0, 0.1) is 11.8 Å². The van der Waals surface area contributed by atoms with Gasteiger partial charge in [-0.1, -0.05) is 50.2 Å². The summed E-state index contributed by atoms with van der Waals surface area (Å²) in [4.78, 5) is 39.7. The van der Waals surface area contributed by atoms with Crippen LogP contribution in [0.15, 0.2) is 48.5 Å². The second-order valence-corrected chi connectivity index (χ2v) is 12.3. The van der Waals surface area contributed by atoms with Gasteiger partial charge in [-0.25, -0.2) is 4.79 Å². The van der Waals surface area contributed by atoms with Crippen molar-refractivity contribution in [2.24, 2.45) is 11.8 Å². The van der Waals surface area contributed by atoms with Crippen molar-refractivity contribution in [1.29, 1.82) is 0 Å². The minimum atomic E-state index is -1.15. The molecule has 0 saturated carbocycles. The lowest BCUT2D eigenvalue weighted by Crippen LogP contribution is -2.53. The van der Waals surface area contributed by atoms with Gasteiger partial charge in [-0.2, -0.15) is 0 Å². The lowest BCUT2D eigenvalue weighted by molar-refractivity contribution is -0.132. The normalized spacial score (nSPS) is 14.1. The molecule has 2 rings (SSSR count). The molecule has 0 saturated heterocycles. The Morgan fingerprint density at radius 2 is 1.58 bits per heavy atom. The number of carbonyl (C=O) groups excluding carboxylic acids is 3. The average Bonchev–Trinajstić information content (AvgIpc) is 2.98. The van der Waals surface area contributed by atoms with E-state index in [9.17, 15) is 19.5 Å². The molecule has 45 heavy (non-hydrogen) atoms. The number of aliphatic hydroxyl groups is 1. The molecule has 0 heterocycles. The van der Waals surface area contributed by atoms with E-state index in [2.05, 4.69) is 16.0 Å². The molecule has 0 aliphatic rings. The SMILES string of the molecule is COCCNC(=O)C(NC(=O)C(Cc1ccc(OC)cc1OC)CC(O)C(Cc1ccccc1)NC(=O)OC(C)(C)C)C(C)C. The highest BCUT2D eigenvalue weighted by molar-refractivity contribution is 5.88. The number of rotatable bonds is 17. The number of aliphatic hydroxyl groups excluding tert-OH is 1. The predicted molar refractivity (Wildman–Crippen MR) is 172 cm³/mol. The Morgan fingerprint density at radius 1 is 0.889 bits per heavy atom. The third-order valence-corrected chi connectivity index (χ3v) is 7.17. The monoisotopic (exact) mass is 629 g/mol. The molecule has 0 fully saturated rings. The number of hydrogen-bond acceptors (Lipinski definition) is 8. The van der Waals surface area contributed by atoms with Crippen LogP contribution in [0.2, 0.25) is 0 Å². The first-order valence-corrected chi connectivity index (χ1v) is 15.3. The number of nitrogens with one attached hydrogen (secondary N) is 3. The lowest BCUT2D eigenvalue weighted by atomic mass is 9.88. The van der Waals surface area contributed by atoms with Crippen molar-refractivity contribution in [1.82, 2.24) is 16.0 Å². The van der Waals surface area contributed by atoms with Crippen molar-refractivity contribution < 1.29 is 38.4 Å². The van der Waals surface area contributed by atoms with Gasteiger partial charge in [0.15, 0.2) is 0 Å². The Labute approximate surface area is 267 Å². The first kappa shape index (κ1) is 37.4. The molecule has 0 radical (unpaired) electrons. The van der Waals surface area contributed by atoms with Crippen LogP contribution in [-0.2, 0) is 31.9 Å². The first-order valence-electron chi connectivity index (χ1n) is 15.3. The van der Waals surface area contributed by atoms with Crippen molar-refractivity contribution in [2.45, 2.75) is 77.7 Å². The highest BCUT2D eigenvalue weighted by atomic mass is 16.6. The van der Waals surface area contributed by atoms with Crippen LogP contribution in [0.4, 0.5) is 4.79 Å². The van der Waals surface area contributed by atoms with E-state index in [1.807, 2.05) is 50.2 Å². The number of carbonyl (C=O) groups is 3. The van der Waals surface area contributed by atoms with Crippen molar-refractivity contribution in [3.63, 3.8) is 0 Å². The largest absolute Gasteiger partial charge is 0.497 e. The van der Waals surface area contributed by atoms with Crippen LogP contribution in [0.3, 0.4) is 0 Å². The van der Waals surface area contributed by atoms with E-state index in [0.717, 1.165) is 11.1 Å². The van der Waals surface area contributed by atoms with E-state index in [1.165, 1.54) is 7.11 Å². The number of hydrogen-bond donors (Lipinski definition) is 4. The quantitative estimate of drug-likeness (QED) is 0.194. The van der Waals surface area contributed by atoms with E-state index in [1.54, 1.807) is 47.1 Å². The van der Waals surface area contributed by atoms with Gasteiger partial charge in [-0.05, 0) is 63.1 Å². The molecule has 4 unspecified atom stereocenters. The molecule has 4 atom stereocenters. The van der Waals surface area contributed by atoms with Crippen molar-refractivity contribution in [3.05, 3.63) is 59.7 Å². The molecule has 3 amide bonds. The molecule has 11 nitrogen and oxygen atoms in total. The van der Waals surface area contributed by atoms with Crippen LogP contribution in [-0.4, -0.2) is 81.3 Å². The maximum absolute atomic E-state index is 13.9. The third-order valence-electron chi connectivity index (χ3n) is 7.17. The third kappa shape index (κ3) is 13.0. The number of alkyl carbamates (subject to hydrolysis) is 1. The molecule has 11 heteroatoms. The van der Waals surface area contributed by atoms with Crippen LogP contribution < -0.4 is 25.4 Å². The minimum Gasteiger partial charge on any atom is -0.497 e. The standard InChI is InChI=1S/C34H51N3O8/c1-22(2)30(32(40)35-16-17-42-6)37-31(39)25(19-24-14-15-26(43-7)21-29(24)44-8)20-28(38)27(18-23-12-10-9-11-13-23)36-33(41)45-34(3,4)5/h9-15,21-22,25,27-28,30,38H,16-20H2,1-8H3,(H,35,40)(H,36,41)(H,37,39). The van der Waals surface area contributed by atoms with Crippen molar-refractivity contribution in [2.75, 3.05) is 34.5 Å². The lowest BCUT2D eigenvalue weighted by Gasteiger charge is -2.30. The molecular weight excluding hydrogens is 578 g/mol. The molecule has 0 bridgehead atoms. The van der Waals surface area contributed by atoms with Gasteiger partial charge in [0.25, 0.3) is 0 Å². The average molecular weight is 630 g/mol. The van der Waals surface area contributed by atoms with E-state index < -0.39 is 41.7 Å². The zero-order valence-corrected chi connectivity index (χ0v) is 27.8. The molecule has 2 aromatic carbocycles. The number of ether oxygens (including phenoxy) is 4. The first-order chi connectivity index (χ1) is 21.3. The van der Waals surface area contributed by atoms with Crippen molar-refractivity contribution in [3.8, 4) is 11.5 Å². The Kier molecular flexibility index (Phi) is 15.1. The highest BCUT2D eigenvalue weighted by Gasteiger charge is 2.33. The summed E-state index contributed by atoms with van der Waals surface area (Å²) in [5.74, 6) is -0.638. The van der Waals surface area contributed by atoms with Gasteiger partial charge in [0.2, 0.25) is 11.8 Å². The van der Waals surface area contributed by atoms with E-state index >= 15 is 0 Å². The van der Waals surface area contributed by atoms with Gasteiger partial charge >= 0.3 is 6.09 Å². The second kappa shape index (κ2) is 18.2. The smallest absolute Gasteiger partial charge is 0.407 e. The molecular formula is C34H51N3O8. The van der Waals surface area contributed by atoms with E-state index in [-0.39, 0.29) is 24.7 Å².